The number of carbonyl (C=O) groups is 2. The van der Waals surface area contributed by atoms with Crippen LogP contribution in [-0.2, 0) is 9.59 Å². The molecule has 0 radical (unpaired) electrons. The van der Waals surface area contributed by atoms with E-state index in [1.165, 1.54) is 0 Å². The first-order valence-corrected chi connectivity index (χ1v) is 5.85. The number of nitrogens with zero attached hydrogens (tertiary/aromatic N) is 1. The molecule has 1 aliphatic rings. The molecule has 0 saturated heterocycles. The van der Waals surface area contributed by atoms with E-state index in [1.807, 2.05) is 11.9 Å². The summed E-state index contributed by atoms with van der Waals surface area (Å²) in [5, 5.41) is 24.8. The van der Waals surface area contributed by atoms with Gasteiger partial charge < -0.3 is 21.1 Å². The van der Waals surface area contributed by atoms with Crippen LogP contribution in [-0.4, -0.2) is 63.9 Å². The van der Waals surface area contributed by atoms with Crippen molar-refractivity contribution in [3.63, 3.8) is 0 Å². The van der Waals surface area contributed by atoms with Crippen LogP contribution in [0.3, 0.4) is 0 Å². The van der Waals surface area contributed by atoms with Gasteiger partial charge in [0.25, 0.3) is 0 Å². The quantitative estimate of drug-likeness (QED) is 0.500. The zero-order chi connectivity index (χ0) is 14.3. The molecule has 1 saturated carbocycles. The van der Waals surface area contributed by atoms with E-state index in [2.05, 4.69) is 0 Å². The number of rotatable bonds is 6. The van der Waals surface area contributed by atoms with Gasteiger partial charge in [-0.1, -0.05) is 0 Å². The first-order chi connectivity index (χ1) is 8.31. The lowest BCUT2D eigenvalue weighted by molar-refractivity contribution is -0.142. The van der Waals surface area contributed by atoms with Crippen molar-refractivity contribution in [1.82, 2.24) is 4.90 Å². The fraction of sp³-hybridized carbons (Fsp3) is 0.818. The van der Waals surface area contributed by atoms with Crippen LogP contribution in [0.25, 0.3) is 0 Å². The van der Waals surface area contributed by atoms with Crippen LogP contribution in [0.5, 0.6) is 0 Å². The Balaban J connectivity index is 0.000000331. The Morgan fingerprint density at radius 3 is 2.06 bits per heavy atom. The largest absolute Gasteiger partial charge is 0.480 e. The van der Waals surface area contributed by atoms with Gasteiger partial charge in [0.1, 0.15) is 12.1 Å². The van der Waals surface area contributed by atoms with Gasteiger partial charge in [-0.3, -0.25) is 14.5 Å². The van der Waals surface area contributed by atoms with Crippen molar-refractivity contribution < 1.29 is 24.9 Å². The molecule has 106 valence electrons. The molecule has 1 fully saturated rings. The van der Waals surface area contributed by atoms with Crippen LogP contribution < -0.4 is 5.73 Å². The van der Waals surface area contributed by atoms with Gasteiger partial charge in [0.2, 0.25) is 0 Å². The summed E-state index contributed by atoms with van der Waals surface area (Å²) in [6.45, 7) is 1.55. The Morgan fingerprint density at radius 1 is 1.33 bits per heavy atom. The zero-order valence-corrected chi connectivity index (χ0v) is 10.7. The Hall–Kier alpha value is -1.18. The number of likely N-dealkylation sites (N-methyl/N-ethyl adjacent to an activating group) is 1. The first kappa shape index (κ1) is 16.8. The zero-order valence-electron chi connectivity index (χ0n) is 10.7. The molecule has 1 aliphatic carbocycles. The molecule has 0 aromatic heterocycles. The number of nitrogens with two attached hydrogens (primary N) is 1. The second-order valence-corrected chi connectivity index (χ2v) is 4.37. The lowest BCUT2D eigenvalue weighted by Crippen LogP contribution is -2.37. The van der Waals surface area contributed by atoms with Crippen molar-refractivity contribution >= 4 is 11.9 Å². The van der Waals surface area contributed by atoms with E-state index in [-0.39, 0.29) is 19.1 Å². The van der Waals surface area contributed by atoms with Crippen molar-refractivity contribution in [3.8, 4) is 0 Å². The highest BCUT2D eigenvalue weighted by atomic mass is 16.4. The molecule has 2 atom stereocenters. The number of hydrogen-bond donors (Lipinski definition) is 4. The van der Waals surface area contributed by atoms with E-state index in [0.29, 0.717) is 6.04 Å². The molecule has 0 aromatic carbocycles. The Labute approximate surface area is 106 Å². The van der Waals surface area contributed by atoms with Gasteiger partial charge >= 0.3 is 11.9 Å². The SMILES string of the molecule is CC(C(=O)O)N(C)C1CC1.N[C@@H](CCO)C(=O)O. The fourth-order valence-corrected chi connectivity index (χ4v) is 1.23. The first-order valence-electron chi connectivity index (χ1n) is 5.85. The van der Waals surface area contributed by atoms with Crippen LogP contribution in [0.1, 0.15) is 26.2 Å². The molecule has 0 amide bonds. The van der Waals surface area contributed by atoms with E-state index < -0.39 is 18.0 Å². The summed E-state index contributed by atoms with van der Waals surface area (Å²) in [7, 11) is 1.87. The summed E-state index contributed by atoms with van der Waals surface area (Å²) >= 11 is 0. The maximum Gasteiger partial charge on any atom is 0.320 e. The van der Waals surface area contributed by atoms with Crippen molar-refractivity contribution in [2.75, 3.05) is 13.7 Å². The lowest BCUT2D eigenvalue weighted by Gasteiger charge is -2.19. The summed E-state index contributed by atoms with van der Waals surface area (Å²) in [6.07, 6.45) is 2.44. The van der Waals surface area contributed by atoms with Gasteiger partial charge in [0.15, 0.2) is 0 Å². The van der Waals surface area contributed by atoms with Crippen molar-refractivity contribution in [2.24, 2.45) is 5.73 Å². The molecular weight excluding hydrogens is 240 g/mol. The van der Waals surface area contributed by atoms with Gasteiger partial charge in [-0.05, 0) is 33.2 Å². The van der Waals surface area contributed by atoms with E-state index in [0.717, 1.165) is 12.8 Å². The topological polar surface area (TPSA) is 124 Å². The van der Waals surface area contributed by atoms with Crippen molar-refractivity contribution in [3.05, 3.63) is 0 Å². The van der Waals surface area contributed by atoms with E-state index >= 15 is 0 Å². The van der Waals surface area contributed by atoms with Crippen LogP contribution in [0, 0.1) is 0 Å². The van der Waals surface area contributed by atoms with Gasteiger partial charge in [-0.15, -0.1) is 0 Å². The number of aliphatic carboxylic acids is 2. The number of carboxylic acids is 2. The summed E-state index contributed by atoms with van der Waals surface area (Å²) < 4.78 is 0. The smallest absolute Gasteiger partial charge is 0.320 e. The highest BCUT2D eigenvalue weighted by molar-refractivity contribution is 5.73. The van der Waals surface area contributed by atoms with E-state index in [9.17, 15) is 9.59 Å². The standard InChI is InChI=1S/C7H13NO2.C4H9NO3/c1-5(7(9)10)8(2)6-3-4-6;5-3(1-2-6)4(7)8/h5-6H,3-4H2,1-2H3,(H,9,10);3,6H,1-2,5H2,(H,7,8)/t;3-/m.0/s1. The van der Waals surface area contributed by atoms with Crippen LogP contribution >= 0.6 is 0 Å². The second kappa shape index (κ2) is 8.02. The molecule has 5 N–H and O–H groups in total. The molecule has 7 heteroatoms. The molecule has 18 heavy (non-hydrogen) atoms. The predicted octanol–water partition coefficient (Wildman–Crippen LogP) is -0.666. The number of carboxylic acid groups (broad SMARTS) is 2. The molecule has 0 heterocycles. The van der Waals surface area contributed by atoms with Crippen LogP contribution in [0.4, 0.5) is 0 Å². The Bertz CT molecular complexity index is 281. The van der Waals surface area contributed by atoms with Crippen LogP contribution in [0.15, 0.2) is 0 Å². The molecule has 1 rings (SSSR count). The Kier molecular flexibility index (Phi) is 7.49. The summed E-state index contributed by atoms with van der Waals surface area (Å²) in [5.74, 6) is -1.80. The predicted molar refractivity (Wildman–Crippen MR) is 65.2 cm³/mol. The fourth-order valence-electron chi connectivity index (χ4n) is 1.23. The number of hydrogen-bond acceptors (Lipinski definition) is 5. The maximum atomic E-state index is 10.4. The van der Waals surface area contributed by atoms with Crippen LogP contribution in [0.2, 0.25) is 0 Å². The Morgan fingerprint density at radius 2 is 1.83 bits per heavy atom. The maximum absolute atomic E-state index is 10.4. The molecule has 0 bridgehead atoms. The third-order valence-corrected chi connectivity index (χ3v) is 2.85. The van der Waals surface area contributed by atoms with E-state index in [4.69, 9.17) is 21.1 Å². The monoisotopic (exact) mass is 262 g/mol. The summed E-state index contributed by atoms with van der Waals surface area (Å²) in [6, 6.07) is -0.710. The minimum Gasteiger partial charge on any atom is -0.480 e. The molecule has 0 spiro atoms. The van der Waals surface area contributed by atoms with Crippen molar-refractivity contribution in [2.45, 2.75) is 44.3 Å². The molecular formula is C11H22N2O5. The van der Waals surface area contributed by atoms with Gasteiger partial charge in [-0.2, -0.15) is 0 Å². The average Bonchev–Trinajstić information content (AvgIpc) is 3.11. The normalized spacial score (nSPS) is 17.6. The highest BCUT2D eigenvalue weighted by Crippen LogP contribution is 2.26. The highest BCUT2D eigenvalue weighted by Gasteiger charge is 2.31. The number of aliphatic hydroxyl groups excluding tert-OH is 1. The minimum absolute atomic E-state index is 0.120. The second-order valence-electron chi connectivity index (χ2n) is 4.37. The van der Waals surface area contributed by atoms with Gasteiger partial charge in [0, 0.05) is 12.6 Å². The van der Waals surface area contributed by atoms with Crippen molar-refractivity contribution in [1.29, 1.82) is 0 Å². The molecule has 0 aliphatic heterocycles. The van der Waals surface area contributed by atoms with Gasteiger partial charge in [0.05, 0.1) is 0 Å². The van der Waals surface area contributed by atoms with Gasteiger partial charge in [-0.25, -0.2) is 0 Å². The average molecular weight is 262 g/mol. The molecule has 1 unspecified atom stereocenters. The minimum atomic E-state index is -1.07. The molecule has 7 nitrogen and oxygen atoms in total. The summed E-state index contributed by atoms with van der Waals surface area (Å²) in [5.41, 5.74) is 4.97. The third-order valence-electron chi connectivity index (χ3n) is 2.85. The number of aliphatic hydroxyl groups is 1. The summed E-state index contributed by atoms with van der Waals surface area (Å²) in [4.78, 5) is 22.2. The van der Waals surface area contributed by atoms with E-state index in [1.54, 1.807) is 6.92 Å². The third kappa shape index (κ3) is 6.53. The molecule has 0 aromatic rings. The lowest BCUT2D eigenvalue weighted by atomic mass is 10.2.